The number of rotatable bonds is 4. The second kappa shape index (κ2) is 6.38. The van der Waals surface area contributed by atoms with Gasteiger partial charge >= 0.3 is 0 Å². The number of amides is 1. The van der Waals surface area contributed by atoms with Crippen molar-refractivity contribution in [3.05, 3.63) is 0 Å². The summed E-state index contributed by atoms with van der Waals surface area (Å²) in [6, 6.07) is 2.23. The fourth-order valence-corrected chi connectivity index (χ4v) is 1.71. The molecule has 1 unspecified atom stereocenters. The zero-order valence-electron chi connectivity index (χ0n) is 9.12. The second-order valence-corrected chi connectivity index (χ2v) is 3.66. The largest absolute Gasteiger partial charge is 0.359 e. The molecule has 1 rings (SSSR count). The number of nitriles is 1. The third-order valence-corrected chi connectivity index (χ3v) is 2.63. The van der Waals surface area contributed by atoms with Crippen LogP contribution in [0.5, 0.6) is 0 Å². The number of hydrogen-bond donors (Lipinski definition) is 2. The summed E-state index contributed by atoms with van der Waals surface area (Å²) >= 11 is 0. The highest BCUT2D eigenvalue weighted by Gasteiger charge is 2.20. The van der Waals surface area contributed by atoms with E-state index in [1.165, 1.54) is 0 Å². The van der Waals surface area contributed by atoms with Crippen molar-refractivity contribution in [2.75, 3.05) is 33.2 Å². The van der Waals surface area contributed by atoms with E-state index in [-0.39, 0.29) is 11.9 Å². The molecule has 5 heteroatoms. The SMILES string of the molecule is CNC(=O)CCCN1CCNCC1C#N. The van der Waals surface area contributed by atoms with Gasteiger partial charge in [-0.15, -0.1) is 0 Å². The first-order chi connectivity index (χ1) is 7.27. The number of carbonyl (C=O) groups is 1. The predicted molar refractivity (Wildman–Crippen MR) is 57.1 cm³/mol. The molecule has 1 amide bonds. The Morgan fingerprint density at radius 2 is 2.53 bits per heavy atom. The Balaban J connectivity index is 2.24. The van der Waals surface area contributed by atoms with Gasteiger partial charge in [-0.25, -0.2) is 0 Å². The number of piperazine rings is 1. The Hall–Kier alpha value is -1.12. The van der Waals surface area contributed by atoms with Gasteiger partial charge in [0.1, 0.15) is 6.04 Å². The Morgan fingerprint density at radius 3 is 3.20 bits per heavy atom. The van der Waals surface area contributed by atoms with Gasteiger partial charge in [0.05, 0.1) is 6.07 Å². The smallest absolute Gasteiger partial charge is 0.219 e. The Labute approximate surface area is 90.4 Å². The quantitative estimate of drug-likeness (QED) is 0.644. The molecule has 1 heterocycles. The number of carbonyl (C=O) groups excluding carboxylic acids is 1. The molecule has 0 bridgehead atoms. The number of hydrogen-bond acceptors (Lipinski definition) is 4. The first-order valence-electron chi connectivity index (χ1n) is 5.33. The van der Waals surface area contributed by atoms with Gasteiger partial charge in [0.2, 0.25) is 5.91 Å². The minimum absolute atomic E-state index is 0.0385. The monoisotopic (exact) mass is 210 g/mol. The summed E-state index contributed by atoms with van der Waals surface area (Å²) in [5, 5.41) is 14.7. The fourth-order valence-electron chi connectivity index (χ4n) is 1.71. The fraction of sp³-hybridized carbons (Fsp3) is 0.800. The molecule has 15 heavy (non-hydrogen) atoms. The lowest BCUT2D eigenvalue weighted by molar-refractivity contribution is -0.120. The van der Waals surface area contributed by atoms with E-state index in [0.29, 0.717) is 6.42 Å². The zero-order valence-corrected chi connectivity index (χ0v) is 9.12. The topological polar surface area (TPSA) is 68.2 Å². The molecule has 0 spiro atoms. The maximum absolute atomic E-state index is 11.0. The third kappa shape index (κ3) is 3.86. The van der Waals surface area contributed by atoms with E-state index in [0.717, 1.165) is 32.6 Å². The summed E-state index contributed by atoms with van der Waals surface area (Å²) in [7, 11) is 1.64. The highest BCUT2D eigenvalue weighted by Crippen LogP contribution is 2.04. The summed E-state index contributed by atoms with van der Waals surface area (Å²) in [6.45, 7) is 3.38. The molecule has 1 aliphatic rings. The molecular weight excluding hydrogens is 192 g/mol. The van der Waals surface area contributed by atoms with Gasteiger partial charge in [-0.1, -0.05) is 0 Å². The van der Waals surface area contributed by atoms with Crippen LogP contribution in [0.25, 0.3) is 0 Å². The van der Waals surface area contributed by atoms with Gasteiger partial charge in [-0.2, -0.15) is 5.26 Å². The van der Waals surface area contributed by atoms with Crippen LogP contribution >= 0.6 is 0 Å². The molecule has 0 aromatic heterocycles. The van der Waals surface area contributed by atoms with Crippen molar-refractivity contribution in [1.82, 2.24) is 15.5 Å². The van der Waals surface area contributed by atoms with Crippen molar-refractivity contribution in [2.24, 2.45) is 0 Å². The van der Waals surface area contributed by atoms with E-state index in [1.54, 1.807) is 7.05 Å². The van der Waals surface area contributed by atoms with Crippen LogP contribution < -0.4 is 10.6 Å². The average Bonchev–Trinajstić information content (AvgIpc) is 2.29. The number of nitrogens with one attached hydrogen (secondary N) is 2. The van der Waals surface area contributed by atoms with E-state index in [4.69, 9.17) is 5.26 Å². The second-order valence-electron chi connectivity index (χ2n) is 3.66. The van der Waals surface area contributed by atoms with Crippen molar-refractivity contribution in [2.45, 2.75) is 18.9 Å². The molecular formula is C10H18N4O. The van der Waals surface area contributed by atoms with E-state index in [9.17, 15) is 4.79 Å². The summed E-state index contributed by atoms with van der Waals surface area (Å²) in [5.74, 6) is 0.0682. The third-order valence-electron chi connectivity index (χ3n) is 2.63. The molecule has 0 radical (unpaired) electrons. The minimum atomic E-state index is -0.0385. The molecule has 84 valence electrons. The maximum Gasteiger partial charge on any atom is 0.219 e. The van der Waals surface area contributed by atoms with Gasteiger partial charge in [-0.3, -0.25) is 9.69 Å². The van der Waals surface area contributed by atoms with E-state index in [1.807, 2.05) is 0 Å². The van der Waals surface area contributed by atoms with Crippen LogP contribution in [0, 0.1) is 11.3 Å². The molecule has 2 N–H and O–H groups in total. The lowest BCUT2D eigenvalue weighted by Gasteiger charge is -2.31. The van der Waals surface area contributed by atoms with E-state index < -0.39 is 0 Å². The van der Waals surface area contributed by atoms with Crippen LogP contribution in [0.1, 0.15) is 12.8 Å². The molecule has 0 aliphatic carbocycles. The Morgan fingerprint density at radius 1 is 1.73 bits per heavy atom. The van der Waals surface area contributed by atoms with Crippen LogP contribution in [0.4, 0.5) is 0 Å². The minimum Gasteiger partial charge on any atom is -0.359 e. The van der Waals surface area contributed by atoms with Crippen LogP contribution in [0.15, 0.2) is 0 Å². The van der Waals surface area contributed by atoms with Gasteiger partial charge in [0.15, 0.2) is 0 Å². The molecule has 0 aromatic rings. The van der Waals surface area contributed by atoms with Crippen LogP contribution in [-0.2, 0) is 4.79 Å². The lowest BCUT2D eigenvalue weighted by atomic mass is 10.2. The molecule has 5 nitrogen and oxygen atoms in total. The van der Waals surface area contributed by atoms with Crippen molar-refractivity contribution in [3.8, 4) is 6.07 Å². The lowest BCUT2D eigenvalue weighted by Crippen LogP contribution is -2.50. The molecule has 1 fully saturated rings. The van der Waals surface area contributed by atoms with Crippen molar-refractivity contribution < 1.29 is 4.79 Å². The van der Waals surface area contributed by atoms with E-state index in [2.05, 4.69) is 21.6 Å². The standard InChI is InChI=1S/C10H18N4O/c1-12-10(15)3-2-5-14-6-4-13-8-9(14)7-11/h9,13H,2-6,8H2,1H3,(H,12,15). The van der Waals surface area contributed by atoms with E-state index >= 15 is 0 Å². The highest BCUT2D eigenvalue weighted by molar-refractivity contribution is 5.75. The van der Waals surface area contributed by atoms with Crippen LogP contribution in [0.3, 0.4) is 0 Å². The molecule has 1 saturated heterocycles. The number of nitrogens with zero attached hydrogens (tertiary/aromatic N) is 2. The molecule has 0 saturated carbocycles. The maximum atomic E-state index is 11.0. The summed E-state index contributed by atoms with van der Waals surface area (Å²) in [6.07, 6.45) is 1.36. The molecule has 0 aromatic carbocycles. The predicted octanol–water partition coefficient (Wildman–Crippen LogP) is -0.690. The van der Waals surface area contributed by atoms with Gasteiger partial charge < -0.3 is 10.6 Å². The zero-order chi connectivity index (χ0) is 11.1. The van der Waals surface area contributed by atoms with Crippen LogP contribution in [0.2, 0.25) is 0 Å². The highest BCUT2D eigenvalue weighted by atomic mass is 16.1. The molecule has 1 aliphatic heterocycles. The van der Waals surface area contributed by atoms with Crippen molar-refractivity contribution in [1.29, 1.82) is 5.26 Å². The van der Waals surface area contributed by atoms with Crippen LogP contribution in [-0.4, -0.2) is 50.1 Å². The van der Waals surface area contributed by atoms with Crippen molar-refractivity contribution in [3.63, 3.8) is 0 Å². The first-order valence-corrected chi connectivity index (χ1v) is 5.33. The van der Waals surface area contributed by atoms with Gasteiger partial charge in [0, 0.05) is 33.1 Å². The summed E-state index contributed by atoms with van der Waals surface area (Å²) in [5.41, 5.74) is 0. The molecule has 1 atom stereocenters. The normalized spacial score (nSPS) is 22.0. The summed E-state index contributed by atoms with van der Waals surface area (Å²) < 4.78 is 0. The Kier molecular flexibility index (Phi) is 5.08. The van der Waals surface area contributed by atoms with Crippen molar-refractivity contribution >= 4 is 5.91 Å². The Bertz CT molecular complexity index is 248. The average molecular weight is 210 g/mol. The first kappa shape index (κ1) is 12.0. The van der Waals surface area contributed by atoms with Gasteiger partial charge in [-0.05, 0) is 13.0 Å². The van der Waals surface area contributed by atoms with Gasteiger partial charge in [0.25, 0.3) is 0 Å². The summed E-state index contributed by atoms with van der Waals surface area (Å²) in [4.78, 5) is 13.1.